The molecule has 0 radical (unpaired) electrons. The van der Waals surface area contributed by atoms with Gasteiger partial charge >= 0.3 is 0 Å². The normalized spacial score (nSPS) is 16.8. The van der Waals surface area contributed by atoms with Crippen molar-refractivity contribution in [2.75, 3.05) is 23.2 Å². The smallest absolute Gasteiger partial charge is 0.263 e. The predicted molar refractivity (Wildman–Crippen MR) is 114 cm³/mol. The van der Waals surface area contributed by atoms with Crippen molar-refractivity contribution in [2.45, 2.75) is 37.7 Å². The standard InChI is InChI=1S/C21H24N4O3S/c1-14-9-10-17(12-15(14)2)29(26,27)25-21-20(22-13-16-6-5-11-28-16)23-18-7-3-4-8-19(18)24-21/h3-4,7-10,12,16H,5-6,11,13H2,1-2H3,(H,22,23)(H,24,25)/t16-/m0/s1. The van der Waals surface area contributed by atoms with Gasteiger partial charge in [0, 0.05) is 13.2 Å². The zero-order valence-corrected chi connectivity index (χ0v) is 17.3. The Hall–Kier alpha value is -2.71. The fourth-order valence-corrected chi connectivity index (χ4v) is 4.37. The summed E-state index contributed by atoms with van der Waals surface area (Å²) in [5.74, 6) is 0.575. The summed E-state index contributed by atoms with van der Waals surface area (Å²) < 4.78 is 34.2. The first-order chi connectivity index (χ1) is 13.9. The molecule has 2 aromatic carbocycles. The van der Waals surface area contributed by atoms with Crippen molar-refractivity contribution in [1.82, 2.24) is 9.97 Å². The van der Waals surface area contributed by atoms with Crippen LogP contribution in [0.3, 0.4) is 0 Å². The third-order valence-corrected chi connectivity index (χ3v) is 6.45. The highest BCUT2D eigenvalue weighted by Gasteiger charge is 2.21. The molecule has 4 rings (SSSR count). The largest absolute Gasteiger partial charge is 0.376 e. The zero-order chi connectivity index (χ0) is 20.4. The van der Waals surface area contributed by atoms with Gasteiger partial charge in [0.15, 0.2) is 11.6 Å². The third-order valence-electron chi connectivity index (χ3n) is 5.11. The van der Waals surface area contributed by atoms with E-state index in [9.17, 15) is 8.42 Å². The van der Waals surface area contributed by atoms with Gasteiger partial charge in [-0.2, -0.15) is 0 Å². The van der Waals surface area contributed by atoms with Crippen molar-refractivity contribution in [1.29, 1.82) is 0 Å². The molecule has 0 unspecified atom stereocenters. The summed E-state index contributed by atoms with van der Waals surface area (Å²) in [6.07, 6.45) is 2.09. The van der Waals surface area contributed by atoms with E-state index in [1.165, 1.54) is 0 Å². The number of hydrogen-bond donors (Lipinski definition) is 2. The van der Waals surface area contributed by atoms with Crippen LogP contribution in [0.1, 0.15) is 24.0 Å². The third kappa shape index (κ3) is 4.33. The summed E-state index contributed by atoms with van der Waals surface area (Å²) in [5, 5.41) is 3.22. The molecular weight excluding hydrogens is 388 g/mol. The van der Waals surface area contributed by atoms with Gasteiger partial charge in [0.05, 0.1) is 22.0 Å². The lowest BCUT2D eigenvalue weighted by Crippen LogP contribution is -2.21. The molecule has 1 aliphatic heterocycles. The van der Waals surface area contributed by atoms with Crippen LogP contribution >= 0.6 is 0 Å². The predicted octanol–water partition coefficient (Wildman–Crippen LogP) is 3.64. The first kappa shape index (κ1) is 19.6. The number of nitrogens with zero attached hydrogens (tertiary/aromatic N) is 2. The lowest BCUT2D eigenvalue weighted by Gasteiger charge is -2.16. The monoisotopic (exact) mass is 412 g/mol. The Labute approximate surface area is 170 Å². The van der Waals surface area contributed by atoms with Crippen LogP contribution in [-0.2, 0) is 14.8 Å². The highest BCUT2D eigenvalue weighted by atomic mass is 32.2. The molecule has 1 atom stereocenters. The number of para-hydroxylation sites is 2. The second-order valence-electron chi connectivity index (χ2n) is 7.28. The van der Waals surface area contributed by atoms with Crippen LogP contribution in [0.15, 0.2) is 47.4 Å². The van der Waals surface area contributed by atoms with Gasteiger partial charge in [-0.25, -0.2) is 18.4 Å². The fraction of sp³-hybridized carbons (Fsp3) is 0.333. The van der Waals surface area contributed by atoms with E-state index in [1.54, 1.807) is 24.3 Å². The molecule has 152 valence electrons. The minimum Gasteiger partial charge on any atom is -0.376 e. The van der Waals surface area contributed by atoms with Crippen molar-refractivity contribution >= 4 is 32.7 Å². The molecule has 0 bridgehead atoms. The van der Waals surface area contributed by atoms with Gasteiger partial charge in [0.1, 0.15) is 0 Å². The van der Waals surface area contributed by atoms with Gasteiger partial charge in [-0.15, -0.1) is 0 Å². The number of aromatic nitrogens is 2. The van der Waals surface area contributed by atoms with Crippen LogP contribution in [0.25, 0.3) is 11.0 Å². The summed E-state index contributed by atoms with van der Waals surface area (Å²) in [5.41, 5.74) is 3.26. The van der Waals surface area contributed by atoms with Crippen molar-refractivity contribution in [3.05, 3.63) is 53.6 Å². The number of hydrogen-bond acceptors (Lipinski definition) is 6. The maximum atomic E-state index is 13.0. The fourth-order valence-electron chi connectivity index (χ4n) is 3.28. The van der Waals surface area contributed by atoms with E-state index in [4.69, 9.17) is 4.74 Å². The van der Waals surface area contributed by atoms with Gasteiger partial charge in [-0.1, -0.05) is 18.2 Å². The number of nitrogens with one attached hydrogen (secondary N) is 2. The number of aryl methyl sites for hydroxylation is 2. The highest BCUT2D eigenvalue weighted by molar-refractivity contribution is 7.92. The second kappa shape index (κ2) is 7.96. The van der Waals surface area contributed by atoms with E-state index in [1.807, 2.05) is 32.0 Å². The van der Waals surface area contributed by atoms with Crippen LogP contribution in [0.2, 0.25) is 0 Å². The van der Waals surface area contributed by atoms with Crippen molar-refractivity contribution in [3.63, 3.8) is 0 Å². The van der Waals surface area contributed by atoms with Crippen LogP contribution in [0.4, 0.5) is 11.6 Å². The van der Waals surface area contributed by atoms with E-state index in [0.29, 0.717) is 23.4 Å². The summed E-state index contributed by atoms with van der Waals surface area (Å²) in [6.45, 7) is 5.13. The quantitative estimate of drug-likeness (QED) is 0.642. The molecule has 1 fully saturated rings. The Morgan fingerprint density at radius 2 is 1.76 bits per heavy atom. The Kier molecular flexibility index (Phi) is 5.38. The second-order valence-corrected chi connectivity index (χ2v) is 8.96. The number of fused-ring (bicyclic) bond motifs is 1. The average molecular weight is 413 g/mol. The Balaban J connectivity index is 1.68. The molecule has 29 heavy (non-hydrogen) atoms. The van der Waals surface area contributed by atoms with Crippen LogP contribution in [0, 0.1) is 13.8 Å². The van der Waals surface area contributed by atoms with Gasteiger partial charge < -0.3 is 10.1 Å². The molecule has 1 aliphatic rings. The summed E-state index contributed by atoms with van der Waals surface area (Å²) in [6, 6.07) is 12.4. The van der Waals surface area contributed by atoms with E-state index in [0.717, 1.165) is 30.6 Å². The minimum atomic E-state index is -3.80. The number of ether oxygens (including phenoxy) is 1. The zero-order valence-electron chi connectivity index (χ0n) is 16.5. The Bertz CT molecular complexity index is 1140. The molecule has 0 amide bonds. The van der Waals surface area contributed by atoms with Crippen LogP contribution in [0.5, 0.6) is 0 Å². The van der Waals surface area contributed by atoms with Crippen molar-refractivity contribution in [2.24, 2.45) is 0 Å². The van der Waals surface area contributed by atoms with Gasteiger partial charge in [-0.3, -0.25) is 4.72 Å². The summed E-state index contributed by atoms with van der Waals surface area (Å²) in [7, 11) is -3.80. The van der Waals surface area contributed by atoms with E-state index >= 15 is 0 Å². The molecule has 0 spiro atoms. The molecule has 3 aromatic rings. The Morgan fingerprint density at radius 3 is 2.41 bits per heavy atom. The van der Waals surface area contributed by atoms with Gasteiger partial charge in [0.25, 0.3) is 10.0 Å². The molecule has 0 saturated carbocycles. The molecule has 2 N–H and O–H groups in total. The highest BCUT2D eigenvalue weighted by Crippen LogP contribution is 2.25. The summed E-state index contributed by atoms with van der Waals surface area (Å²) >= 11 is 0. The van der Waals surface area contributed by atoms with Crippen LogP contribution in [-0.4, -0.2) is 37.6 Å². The number of sulfonamides is 1. The topological polar surface area (TPSA) is 93.2 Å². The molecule has 2 heterocycles. The maximum Gasteiger partial charge on any atom is 0.263 e. The first-order valence-electron chi connectivity index (χ1n) is 9.65. The van der Waals surface area contributed by atoms with E-state index in [-0.39, 0.29) is 16.8 Å². The minimum absolute atomic E-state index is 0.0903. The van der Waals surface area contributed by atoms with Gasteiger partial charge in [-0.05, 0) is 62.1 Å². The van der Waals surface area contributed by atoms with Crippen molar-refractivity contribution < 1.29 is 13.2 Å². The molecule has 1 aromatic heterocycles. The van der Waals surface area contributed by atoms with Gasteiger partial charge in [0.2, 0.25) is 0 Å². The maximum absolute atomic E-state index is 13.0. The van der Waals surface area contributed by atoms with E-state index in [2.05, 4.69) is 20.0 Å². The molecule has 1 saturated heterocycles. The number of benzene rings is 2. The van der Waals surface area contributed by atoms with Crippen LogP contribution < -0.4 is 10.0 Å². The SMILES string of the molecule is Cc1ccc(S(=O)(=O)Nc2nc3ccccc3nc2NC[C@@H]2CCCO2)cc1C. The molecule has 7 nitrogen and oxygen atoms in total. The lowest BCUT2D eigenvalue weighted by molar-refractivity contribution is 0.120. The number of anilines is 2. The lowest BCUT2D eigenvalue weighted by atomic mass is 10.1. The first-order valence-corrected chi connectivity index (χ1v) is 11.1. The van der Waals surface area contributed by atoms with E-state index < -0.39 is 10.0 Å². The molecular formula is C21H24N4O3S. The summed E-state index contributed by atoms with van der Waals surface area (Å²) in [4.78, 5) is 9.30. The molecule has 0 aliphatic carbocycles. The number of rotatable bonds is 6. The Morgan fingerprint density at radius 1 is 1.03 bits per heavy atom. The van der Waals surface area contributed by atoms with Crippen molar-refractivity contribution in [3.8, 4) is 0 Å². The molecule has 8 heteroatoms. The average Bonchev–Trinajstić information content (AvgIpc) is 3.21.